The minimum atomic E-state index is -1.03. The average Bonchev–Trinajstić information content (AvgIpc) is 2.50. The molecule has 0 bridgehead atoms. The summed E-state index contributed by atoms with van der Waals surface area (Å²) in [6.45, 7) is 3.79. The number of hydrogen-bond donors (Lipinski definition) is 2. The van der Waals surface area contributed by atoms with Gasteiger partial charge < -0.3 is 19.9 Å². The molecule has 0 saturated carbocycles. The highest BCUT2D eigenvalue weighted by Gasteiger charge is 2.21. The van der Waals surface area contributed by atoms with Gasteiger partial charge in [-0.05, 0) is 25.5 Å². The van der Waals surface area contributed by atoms with Crippen molar-refractivity contribution in [1.82, 2.24) is 5.32 Å². The zero-order valence-corrected chi connectivity index (χ0v) is 13.4. The summed E-state index contributed by atoms with van der Waals surface area (Å²) in [6, 6.07) is 2.25. The fourth-order valence-electron chi connectivity index (χ4n) is 2.12. The summed E-state index contributed by atoms with van der Waals surface area (Å²) in [6.07, 6.45) is 2.00. The average molecular weight is 309 g/mol. The lowest BCUT2D eigenvalue weighted by molar-refractivity contribution is -0.139. The fourth-order valence-corrected chi connectivity index (χ4v) is 2.12. The highest BCUT2D eigenvalue weighted by atomic mass is 16.5. The van der Waals surface area contributed by atoms with Gasteiger partial charge in [-0.1, -0.05) is 19.8 Å². The molecule has 1 rings (SSSR count). The number of methoxy groups -OCH3 is 2. The third-order valence-corrected chi connectivity index (χ3v) is 3.46. The van der Waals surface area contributed by atoms with E-state index >= 15 is 0 Å². The maximum atomic E-state index is 12.3. The van der Waals surface area contributed by atoms with Crippen LogP contribution in [0.25, 0.3) is 0 Å². The van der Waals surface area contributed by atoms with Crippen LogP contribution in [0.2, 0.25) is 0 Å². The molecular formula is C16H23NO5. The number of carbonyl (C=O) groups excluding carboxylic acids is 1. The Kier molecular flexibility index (Phi) is 6.69. The van der Waals surface area contributed by atoms with Gasteiger partial charge >= 0.3 is 5.97 Å². The Labute approximate surface area is 130 Å². The number of rotatable bonds is 8. The second kappa shape index (κ2) is 8.26. The maximum absolute atomic E-state index is 12.3. The first kappa shape index (κ1) is 17.8. The normalized spacial score (nSPS) is 11.6. The summed E-state index contributed by atoms with van der Waals surface area (Å²) in [4.78, 5) is 23.5. The lowest BCUT2D eigenvalue weighted by Crippen LogP contribution is -2.40. The molecule has 0 aliphatic carbocycles. The SMILES string of the molecule is CCCCC(NC(=O)c1cc(OC)c(C)c(OC)c1)C(=O)O. The molecule has 6 heteroatoms. The van der Waals surface area contributed by atoms with Crippen molar-refractivity contribution in [1.29, 1.82) is 0 Å². The maximum Gasteiger partial charge on any atom is 0.326 e. The van der Waals surface area contributed by atoms with Gasteiger partial charge in [0.05, 0.1) is 14.2 Å². The fraction of sp³-hybridized carbons (Fsp3) is 0.500. The molecule has 1 aromatic rings. The molecular weight excluding hydrogens is 286 g/mol. The Balaban J connectivity index is 2.99. The molecule has 0 aromatic heterocycles. The lowest BCUT2D eigenvalue weighted by Gasteiger charge is -2.16. The number of carboxylic acids is 1. The van der Waals surface area contributed by atoms with Gasteiger partial charge in [0.1, 0.15) is 17.5 Å². The van der Waals surface area contributed by atoms with Crippen molar-refractivity contribution in [3.63, 3.8) is 0 Å². The molecule has 0 heterocycles. The smallest absolute Gasteiger partial charge is 0.326 e. The highest BCUT2D eigenvalue weighted by Crippen LogP contribution is 2.29. The van der Waals surface area contributed by atoms with Crippen molar-refractivity contribution in [2.24, 2.45) is 0 Å². The van der Waals surface area contributed by atoms with Gasteiger partial charge in [-0.2, -0.15) is 0 Å². The van der Waals surface area contributed by atoms with Crippen molar-refractivity contribution in [3.8, 4) is 11.5 Å². The molecule has 122 valence electrons. The molecule has 6 nitrogen and oxygen atoms in total. The molecule has 1 amide bonds. The van der Waals surface area contributed by atoms with Crippen LogP contribution in [0.4, 0.5) is 0 Å². The Morgan fingerprint density at radius 3 is 2.18 bits per heavy atom. The summed E-state index contributed by atoms with van der Waals surface area (Å²) in [5.74, 6) is -0.456. The minimum Gasteiger partial charge on any atom is -0.496 e. The largest absolute Gasteiger partial charge is 0.496 e. The number of benzene rings is 1. The van der Waals surface area contributed by atoms with Crippen LogP contribution in [0, 0.1) is 6.92 Å². The highest BCUT2D eigenvalue weighted by molar-refractivity contribution is 5.97. The minimum absolute atomic E-state index is 0.307. The first-order valence-corrected chi connectivity index (χ1v) is 7.20. The standard InChI is InChI=1S/C16H23NO5/c1-5-6-7-12(16(19)20)17-15(18)11-8-13(21-3)10(2)14(9-11)22-4/h8-9,12H,5-7H2,1-4H3,(H,17,18)(H,19,20). The van der Waals surface area contributed by atoms with Crippen molar-refractivity contribution in [2.45, 2.75) is 39.2 Å². The van der Waals surface area contributed by atoms with Gasteiger partial charge in [0.15, 0.2) is 0 Å². The van der Waals surface area contributed by atoms with Crippen LogP contribution in [0.1, 0.15) is 42.1 Å². The topological polar surface area (TPSA) is 84.9 Å². The van der Waals surface area contributed by atoms with E-state index in [-0.39, 0.29) is 0 Å². The Bertz CT molecular complexity index is 516. The molecule has 0 radical (unpaired) electrons. The summed E-state index contributed by atoms with van der Waals surface area (Å²) in [5, 5.41) is 11.7. The molecule has 22 heavy (non-hydrogen) atoms. The van der Waals surface area contributed by atoms with E-state index in [0.717, 1.165) is 18.4 Å². The van der Waals surface area contributed by atoms with Crippen molar-refractivity contribution >= 4 is 11.9 Å². The van der Waals surface area contributed by atoms with Crippen LogP contribution in [0.5, 0.6) is 11.5 Å². The van der Waals surface area contributed by atoms with Gasteiger partial charge in [0.25, 0.3) is 5.91 Å². The third kappa shape index (κ3) is 4.38. The van der Waals surface area contributed by atoms with E-state index in [0.29, 0.717) is 23.5 Å². The zero-order valence-electron chi connectivity index (χ0n) is 13.4. The van der Waals surface area contributed by atoms with Crippen LogP contribution < -0.4 is 14.8 Å². The molecule has 0 saturated heterocycles. The van der Waals surface area contributed by atoms with E-state index in [1.54, 1.807) is 12.1 Å². The number of hydrogen-bond acceptors (Lipinski definition) is 4. The molecule has 0 spiro atoms. The quantitative estimate of drug-likeness (QED) is 0.770. The summed E-state index contributed by atoms with van der Waals surface area (Å²) in [5.41, 5.74) is 1.09. The Hall–Kier alpha value is -2.24. The lowest BCUT2D eigenvalue weighted by atomic mass is 10.1. The molecule has 1 aromatic carbocycles. The van der Waals surface area contributed by atoms with Gasteiger partial charge in [0, 0.05) is 11.1 Å². The van der Waals surface area contributed by atoms with E-state index in [1.165, 1.54) is 14.2 Å². The molecule has 0 aliphatic rings. The van der Waals surface area contributed by atoms with Crippen LogP contribution >= 0.6 is 0 Å². The molecule has 1 atom stereocenters. The second-order valence-electron chi connectivity index (χ2n) is 5.01. The molecule has 2 N–H and O–H groups in total. The number of aliphatic carboxylic acids is 1. The van der Waals surface area contributed by atoms with Crippen LogP contribution in [-0.2, 0) is 4.79 Å². The Morgan fingerprint density at radius 2 is 1.77 bits per heavy atom. The number of carboxylic acid groups (broad SMARTS) is 1. The first-order chi connectivity index (χ1) is 10.4. The van der Waals surface area contributed by atoms with Crippen molar-refractivity contribution < 1.29 is 24.2 Å². The van der Waals surface area contributed by atoms with E-state index < -0.39 is 17.9 Å². The number of nitrogens with one attached hydrogen (secondary N) is 1. The van der Waals surface area contributed by atoms with Crippen molar-refractivity contribution in [2.75, 3.05) is 14.2 Å². The summed E-state index contributed by atoms with van der Waals surface area (Å²) in [7, 11) is 3.01. The van der Waals surface area contributed by atoms with Gasteiger partial charge in [-0.15, -0.1) is 0 Å². The molecule has 0 aliphatic heterocycles. The number of ether oxygens (including phenoxy) is 2. The van der Waals surface area contributed by atoms with Gasteiger partial charge in [-0.3, -0.25) is 4.79 Å². The number of unbranched alkanes of at least 4 members (excludes halogenated alkanes) is 1. The predicted octanol–water partition coefficient (Wildman–Crippen LogP) is 2.39. The van der Waals surface area contributed by atoms with E-state index in [4.69, 9.17) is 9.47 Å². The predicted molar refractivity (Wildman–Crippen MR) is 82.7 cm³/mol. The summed E-state index contributed by atoms with van der Waals surface area (Å²) >= 11 is 0. The van der Waals surface area contributed by atoms with Gasteiger partial charge in [0.2, 0.25) is 0 Å². The van der Waals surface area contributed by atoms with E-state index in [1.807, 2.05) is 13.8 Å². The Morgan fingerprint density at radius 1 is 1.23 bits per heavy atom. The van der Waals surface area contributed by atoms with Crippen LogP contribution in [0.15, 0.2) is 12.1 Å². The molecule has 1 unspecified atom stereocenters. The van der Waals surface area contributed by atoms with Crippen LogP contribution in [0.3, 0.4) is 0 Å². The second-order valence-corrected chi connectivity index (χ2v) is 5.01. The van der Waals surface area contributed by atoms with E-state index in [9.17, 15) is 14.7 Å². The zero-order chi connectivity index (χ0) is 16.7. The number of amides is 1. The van der Waals surface area contributed by atoms with Crippen LogP contribution in [-0.4, -0.2) is 37.2 Å². The molecule has 0 fully saturated rings. The first-order valence-electron chi connectivity index (χ1n) is 7.20. The summed E-state index contributed by atoms with van der Waals surface area (Å²) < 4.78 is 10.4. The van der Waals surface area contributed by atoms with Gasteiger partial charge in [-0.25, -0.2) is 4.79 Å². The monoisotopic (exact) mass is 309 g/mol. The van der Waals surface area contributed by atoms with E-state index in [2.05, 4.69) is 5.32 Å². The van der Waals surface area contributed by atoms with Crippen molar-refractivity contribution in [3.05, 3.63) is 23.3 Å². The number of carbonyl (C=O) groups is 2. The third-order valence-electron chi connectivity index (χ3n) is 3.46.